The van der Waals surface area contributed by atoms with Gasteiger partial charge in [-0.2, -0.15) is 10.2 Å². The molecule has 0 unspecified atom stereocenters. The van der Waals surface area contributed by atoms with Gasteiger partial charge in [-0.25, -0.2) is 4.79 Å². The second kappa shape index (κ2) is 18.0. The third-order valence-electron chi connectivity index (χ3n) is 5.88. The lowest BCUT2D eigenvalue weighted by Crippen LogP contribution is -2.12. The predicted octanol–water partition coefficient (Wildman–Crippen LogP) is 8.25. The van der Waals surface area contributed by atoms with Crippen molar-refractivity contribution in [1.29, 1.82) is 0 Å². The average molecular weight is 509 g/mol. The molecule has 7 heteroatoms. The van der Waals surface area contributed by atoms with Gasteiger partial charge in [-0.05, 0) is 61.4 Å². The zero-order chi connectivity index (χ0) is 26.7. The number of carbonyl (C=O) groups excluding carboxylic acids is 2. The number of unbranched alkanes of at least 4 members (excludes halogenated alkanes) is 9. The molecule has 200 valence electrons. The predicted molar refractivity (Wildman–Crippen MR) is 146 cm³/mol. The lowest BCUT2D eigenvalue weighted by molar-refractivity contribution is -0.134. The van der Waals surface area contributed by atoms with Crippen LogP contribution in [-0.2, 0) is 9.53 Å². The molecule has 0 aliphatic heterocycles. The van der Waals surface area contributed by atoms with Gasteiger partial charge < -0.3 is 9.47 Å². The molecule has 0 saturated carbocycles. The smallest absolute Gasteiger partial charge is 0.338 e. The van der Waals surface area contributed by atoms with Gasteiger partial charge in [0.05, 0.1) is 23.5 Å². The molecule has 0 bridgehead atoms. The molecule has 0 heterocycles. The third-order valence-corrected chi connectivity index (χ3v) is 5.88. The van der Waals surface area contributed by atoms with E-state index in [1.807, 2.05) is 0 Å². The van der Waals surface area contributed by atoms with Crippen molar-refractivity contribution in [2.45, 2.75) is 90.9 Å². The highest BCUT2D eigenvalue weighted by atomic mass is 16.5. The van der Waals surface area contributed by atoms with Gasteiger partial charge in [0, 0.05) is 6.42 Å². The molecule has 37 heavy (non-hydrogen) atoms. The zero-order valence-corrected chi connectivity index (χ0v) is 22.2. The molecular formula is C30H40N2O5. The van der Waals surface area contributed by atoms with Crippen molar-refractivity contribution in [3.63, 3.8) is 0 Å². The second-order valence-electron chi connectivity index (χ2n) is 9.11. The van der Waals surface area contributed by atoms with E-state index in [1.54, 1.807) is 30.3 Å². The molecule has 7 nitrogen and oxygen atoms in total. The van der Waals surface area contributed by atoms with E-state index in [2.05, 4.69) is 24.1 Å². The van der Waals surface area contributed by atoms with E-state index >= 15 is 0 Å². The first kappa shape index (κ1) is 29.9. The minimum absolute atomic E-state index is 0.0213. The number of benzene rings is 1. The summed E-state index contributed by atoms with van der Waals surface area (Å²) in [6, 6.07) is 12.5. The van der Waals surface area contributed by atoms with E-state index in [0.29, 0.717) is 30.0 Å². The number of azo groups is 1. The number of hydrogen-bond acceptors (Lipinski definition) is 7. The van der Waals surface area contributed by atoms with Crippen molar-refractivity contribution < 1.29 is 19.1 Å². The summed E-state index contributed by atoms with van der Waals surface area (Å²) in [6.07, 6.45) is 12.2. The van der Waals surface area contributed by atoms with Crippen LogP contribution in [0.5, 0.6) is 5.75 Å². The Kier molecular flexibility index (Phi) is 14.5. The van der Waals surface area contributed by atoms with Crippen LogP contribution in [0.2, 0.25) is 0 Å². The van der Waals surface area contributed by atoms with E-state index in [4.69, 9.17) is 9.47 Å². The fourth-order valence-corrected chi connectivity index (χ4v) is 3.65. The van der Waals surface area contributed by atoms with Crippen LogP contribution in [0.1, 0.15) is 101 Å². The Morgan fingerprint density at radius 1 is 0.676 bits per heavy atom. The Bertz CT molecular complexity index is 1050. The van der Waals surface area contributed by atoms with Crippen LogP contribution in [0, 0.1) is 0 Å². The molecule has 0 N–H and O–H groups in total. The number of ether oxygens (including phenoxy) is 2. The van der Waals surface area contributed by atoms with Crippen LogP contribution in [0.15, 0.2) is 63.6 Å². The first-order chi connectivity index (χ1) is 18.0. The Balaban J connectivity index is 1.84. The summed E-state index contributed by atoms with van der Waals surface area (Å²) in [6.45, 7) is 4.74. The Morgan fingerprint density at radius 3 is 1.86 bits per heavy atom. The van der Waals surface area contributed by atoms with Crippen LogP contribution in [0.4, 0.5) is 11.4 Å². The first-order valence-corrected chi connectivity index (χ1v) is 13.6. The van der Waals surface area contributed by atoms with Crippen molar-refractivity contribution >= 4 is 23.3 Å². The van der Waals surface area contributed by atoms with E-state index in [1.165, 1.54) is 43.9 Å². The third kappa shape index (κ3) is 12.4. The number of esters is 2. The van der Waals surface area contributed by atoms with E-state index in [9.17, 15) is 14.4 Å². The number of hydrogen-bond donors (Lipinski definition) is 0. The van der Waals surface area contributed by atoms with Crippen molar-refractivity contribution in [2.75, 3.05) is 6.61 Å². The minimum Gasteiger partial charge on any atom is -0.462 e. The van der Waals surface area contributed by atoms with Gasteiger partial charge >= 0.3 is 11.9 Å². The van der Waals surface area contributed by atoms with Crippen LogP contribution < -0.4 is 10.2 Å². The maximum Gasteiger partial charge on any atom is 0.338 e. The highest BCUT2D eigenvalue weighted by Gasteiger charge is 2.08. The monoisotopic (exact) mass is 508 g/mol. The molecule has 2 rings (SSSR count). The fourth-order valence-electron chi connectivity index (χ4n) is 3.65. The fraction of sp³-hybridized carbons (Fsp3) is 0.500. The standard InChI is InChI=1S/C30H40N2O5/c1-3-5-7-9-10-11-12-14-29(34)37-28-22-20-26(19-21-27(28)33)32-31-25-17-15-24(16-18-25)30(35)36-23-13-8-6-4-2/h15-22H,3-14,23H2,1-2H3. The lowest BCUT2D eigenvalue weighted by atomic mass is 10.1. The molecule has 0 radical (unpaired) electrons. The van der Waals surface area contributed by atoms with Gasteiger partial charge in [0.25, 0.3) is 0 Å². The molecule has 0 spiro atoms. The lowest BCUT2D eigenvalue weighted by Gasteiger charge is -2.04. The number of carbonyl (C=O) groups is 2. The molecule has 0 fully saturated rings. The van der Waals surface area contributed by atoms with Crippen molar-refractivity contribution in [3.8, 4) is 5.75 Å². The van der Waals surface area contributed by atoms with Gasteiger partial charge in [0.2, 0.25) is 5.43 Å². The highest BCUT2D eigenvalue weighted by Crippen LogP contribution is 2.19. The Labute approximate surface area is 220 Å². The summed E-state index contributed by atoms with van der Waals surface area (Å²) in [5.74, 6) is -0.779. The average Bonchev–Trinajstić information content (AvgIpc) is 3.08. The molecule has 0 atom stereocenters. The van der Waals surface area contributed by atoms with Gasteiger partial charge in [-0.3, -0.25) is 9.59 Å². The summed E-state index contributed by atoms with van der Waals surface area (Å²) in [7, 11) is 0. The maximum atomic E-state index is 12.3. The zero-order valence-electron chi connectivity index (χ0n) is 22.2. The molecular weight excluding hydrogens is 468 g/mol. The molecule has 2 aromatic rings. The molecule has 2 aromatic carbocycles. The van der Waals surface area contributed by atoms with Gasteiger partial charge in [0.1, 0.15) is 0 Å². The Morgan fingerprint density at radius 2 is 1.22 bits per heavy atom. The minimum atomic E-state index is -0.403. The Hall–Kier alpha value is -3.35. The van der Waals surface area contributed by atoms with Crippen molar-refractivity contribution in [2.24, 2.45) is 10.2 Å². The van der Waals surface area contributed by atoms with Gasteiger partial charge in [-0.1, -0.05) is 71.6 Å². The summed E-state index contributed by atoms with van der Waals surface area (Å²) < 4.78 is 10.6. The maximum absolute atomic E-state index is 12.3. The van der Waals surface area contributed by atoms with Gasteiger partial charge in [-0.15, -0.1) is 0 Å². The second-order valence-corrected chi connectivity index (χ2v) is 9.11. The van der Waals surface area contributed by atoms with Crippen LogP contribution in [0.3, 0.4) is 0 Å². The normalized spacial score (nSPS) is 11.0. The summed E-state index contributed by atoms with van der Waals surface area (Å²) in [5.41, 5.74) is 1.04. The van der Waals surface area contributed by atoms with Crippen molar-refractivity contribution in [3.05, 3.63) is 64.3 Å². The SMILES string of the molecule is CCCCCCCCCC(=O)Oc1ccc(N=Nc2ccc(C(=O)OCCCCCC)cc2)ccc1=O. The quantitative estimate of drug-likeness (QED) is 0.122. The number of nitrogens with zero attached hydrogens (tertiary/aromatic N) is 2. The van der Waals surface area contributed by atoms with Crippen LogP contribution >= 0.6 is 0 Å². The molecule has 0 amide bonds. The largest absolute Gasteiger partial charge is 0.462 e. The van der Waals surface area contributed by atoms with Crippen LogP contribution in [0.25, 0.3) is 0 Å². The van der Waals surface area contributed by atoms with E-state index in [-0.39, 0.29) is 11.7 Å². The van der Waals surface area contributed by atoms with Crippen LogP contribution in [-0.4, -0.2) is 18.5 Å². The molecule has 0 aromatic heterocycles. The van der Waals surface area contributed by atoms with Crippen molar-refractivity contribution in [1.82, 2.24) is 0 Å². The molecule has 0 aliphatic carbocycles. The molecule has 0 saturated heterocycles. The summed E-state index contributed by atoms with van der Waals surface area (Å²) in [4.78, 5) is 36.6. The summed E-state index contributed by atoms with van der Waals surface area (Å²) >= 11 is 0. The van der Waals surface area contributed by atoms with E-state index < -0.39 is 11.4 Å². The van der Waals surface area contributed by atoms with Gasteiger partial charge in [0.15, 0.2) is 5.75 Å². The number of rotatable bonds is 17. The highest BCUT2D eigenvalue weighted by molar-refractivity contribution is 5.89. The summed E-state index contributed by atoms with van der Waals surface area (Å²) in [5, 5.41) is 8.31. The topological polar surface area (TPSA) is 94.4 Å². The first-order valence-electron chi connectivity index (χ1n) is 13.6. The molecule has 0 aliphatic rings. The van der Waals surface area contributed by atoms with E-state index in [0.717, 1.165) is 44.9 Å².